The van der Waals surface area contributed by atoms with Crippen molar-refractivity contribution in [3.63, 3.8) is 0 Å². The van der Waals surface area contributed by atoms with Gasteiger partial charge in [-0.05, 0) is 0 Å². The van der Waals surface area contributed by atoms with Crippen LogP contribution in [0, 0.1) is 13.0 Å². The molecule has 9 heavy (non-hydrogen) atoms. The van der Waals surface area contributed by atoms with Gasteiger partial charge >= 0.3 is 29.6 Å². The second-order valence-corrected chi connectivity index (χ2v) is 2.12. The summed E-state index contributed by atoms with van der Waals surface area (Å²) in [6, 6.07) is 8.50. The van der Waals surface area contributed by atoms with Crippen LogP contribution in [0.2, 0.25) is 5.02 Å². The van der Waals surface area contributed by atoms with Crippen molar-refractivity contribution >= 4 is 11.6 Å². The predicted molar refractivity (Wildman–Crippen MR) is 35.0 cm³/mol. The fourth-order valence-electron chi connectivity index (χ4n) is 0.542. The van der Waals surface area contributed by atoms with Crippen molar-refractivity contribution in [1.82, 2.24) is 0 Å². The minimum Gasteiger partial charge on any atom is -0.175 e. The topological polar surface area (TPSA) is 0 Å². The second-order valence-electron chi connectivity index (χ2n) is 1.71. The van der Waals surface area contributed by atoms with Gasteiger partial charge in [-0.25, -0.2) is 0 Å². The number of benzene rings is 1. The Labute approximate surface area is 82.5 Å². The maximum absolute atomic E-state index is 5.59. The average Bonchev–Trinajstić information content (AvgIpc) is 1.64. The van der Waals surface area contributed by atoms with Crippen LogP contribution in [0.25, 0.3) is 0 Å². The van der Waals surface area contributed by atoms with E-state index in [4.69, 9.17) is 11.6 Å². The van der Waals surface area contributed by atoms with E-state index in [2.05, 4.69) is 6.07 Å². The predicted octanol–water partition coefficient (Wildman–Crippen LogP) is -0.547. The van der Waals surface area contributed by atoms with Crippen molar-refractivity contribution < 1.29 is 29.6 Å². The molecule has 0 aromatic heterocycles. The van der Waals surface area contributed by atoms with Crippen LogP contribution in [0.15, 0.2) is 18.2 Å². The molecule has 1 aromatic carbocycles. The van der Waals surface area contributed by atoms with Crippen LogP contribution < -0.4 is 29.6 Å². The first-order valence-corrected chi connectivity index (χ1v) is 2.80. The van der Waals surface area contributed by atoms with E-state index in [0.717, 1.165) is 0 Å². The van der Waals surface area contributed by atoms with E-state index in [1.54, 1.807) is 0 Å². The van der Waals surface area contributed by atoms with Crippen molar-refractivity contribution in [3.8, 4) is 0 Å². The third-order valence-corrected chi connectivity index (χ3v) is 1.14. The first kappa shape index (κ1) is 9.51. The van der Waals surface area contributed by atoms with Gasteiger partial charge in [0.2, 0.25) is 0 Å². The minimum absolute atomic E-state index is 0. The summed E-state index contributed by atoms with van der Waals surface area (Å²) in [5.74, 6) is 0. The molecular formula is C7H6ClNa. The molecule has 0 aliphatic carbocycles. The molecule has 0 unspecified atom stereocenters. The number of rotatable bonds is 0. The quantitative estimate of drug-likeness (QED) is 0.342. The zero-order valence-corrected chi connectivity index (χ0v) is 8.37. The molecular weight excluding hydrogens is 143 g/mol. The van der Waals surface area contributed by atoms with Crippen LogP contribution in [-0.4, -0.2) is 0 Å². The Balaban J connectivity index is 0.000000640. The summed E-state index contributed by atoms with van der Waals surface area (Å²) < 4.78 is 0. The van der Waals surface area contributed by atoms with E-state index in [9.17, 15) is 0 Å². The number of aryl methyl sites for hydroxylation is 1. The monoisotopic (exact) mass is 148 g/mol. The molecule has 0 aliphatic heterocycles. The molecule has 0 saturated heterocycles. The van der Waals surface area contributed by atoms with Gasteiger partial charge < -0.3 is 0 Å². The largest absolute Gasteiger partial charge is 1.00 e. The van der Waals surface area contributed by atoms with Gasteiger partial charge in [0.15, 0.2) is 0 Å². The molecule has 0 heterocycles. The molecule has 1 aromatic rings. The molecule has 0 saturated carbocycles. The average molecular weight is 149 g/mol. The summed E-state index contributed by atoms with van der Waals surface area (Å²) in [5.41, 5.74) is 1.17. The number of halogens is 1. The molecule has 42 valence electrons. The fourth-order valence-corrected chi connectivity index (χ4v) is 0.777. The third kappa shape index (κ3) is 3.27. The Bertz CT molecular complexity index is 169. The second kappa shape index (κ2) is 4.35. The molecule has 0 atom stereocenters. The molecule has 0 fully saturated rings. The van der Waals surface area contributed by atoms with Gasteiger partial charge in [0.05, 0.1) is 0 Å². The fraction of sp³-hybridized carbons (Fsp3) is 0.143. The Morgan fingerprint density at radius 3 is 2.56 bits per heavy atom. The SMILES string of the molecule is Cc1cc[c-]c(Cl)c1.[Na+]. The maximum Gasteiger partial charge on any atom is 1.00 e. The van der Waals surface area contributed by atoms with Crippen LogP contribution in [0.3, 0.4) is 0 Å². The van der Waals surface area contributed by atoms with Crippen molar-refractivity contribution in [2.24, 2.45) is 0 Å². The Kier molecular flexibility index (Phi) is 4.59. The van der Waals surface area contributed by atoms with Crippen LogP contribution in [-0.2, 0) is 0 Å². The zero-order chi connectivity index (χ0) is 5.98. The summed E-state index contributed by atoms with van der Waals surface area (Å²) >= 11 is 5.59. The molecule has 0 radical (unpaired) electrons. The summed E-state index contributed by atoms with van der Waals surface area (Å²) in [4.78, 5) is 0. The summed E-state index contributed by atoms with van der Waals surface area (Å²) in [7, 11) is 0. The van der Waals surface area contributed by atoms with E-state index in [1.807, 2.05) is 25.1 Å². The van der Waals surface area contributed by atoms with Crippen molar-refractivity contribution in [2.45, 2.75) is 6.92 Å². The van der Waals surface area contributed by atoms with Gasteiger partial charge in [0, 0.05) is 0 Å². The van der Waals surface area contributed by atoms with E-state index in [0.29, 0.717) is 5.02 Å². The molecule has 0 amide bonds. The van der Waals surface area contributed by atoms with Gasteiger partial charge in [-0.2, -0.15) is 23.8 Å². The Morgan fingerprint density at radius 2 is 2.22 bits per heavy atom. The van der Waals surface area contributed by atoms with Gasteiger partial charge in [0.1, 0.15) is 0 Å². The Hall–Kier alpha value is 0.510. The van der Waals surface area contributed by atoms with Crippen molar-refractivity contribution in [2.75, 3.05) is 0 Å². The third-order valence-electron chi connectivity index (χ3n) is 0.922. The normalized spacial score (nSPS) is 8.22. The van der Waals surface area contributed by atoms with E-state index in [1.165, 1.54) is 5.56 Å². The first-order valence-electron chi connectivity index (χ1n) is 2.43. The van der Waals surface area contributed by atoms with Crippen LogP contribution in [0.4, 0.5) is 0 Å². The summed E-state index contributed by atoms with van der Waals surface area (Å²) in [6.07, 6.45) is 0. The smallest absolute Gasteiger partial charge is 0.175 e. The first-order chi connectivity index (χ1) is 3.79. The zero-order valence-electron chi connectivity index (χ0n) is 5.61. The van der Waals surface area contributed by atoms with Gasteiger partial charge in [-0.3, -0.25) is 0 Å². The standard InChI is InChI=1S/C7H6Cl.Na/c1-6-3-2-4-7(8)5-6;/h2-3,5H,1H3;/q-1;+1. The number of hydrogen-bond donors (Lipinski definition) is 0. The molecule has 0 spiro atoms. The summed E-state index contributed by atoms with van der Waals surface area (Å²) in [5, 5.41) is 0.685. The van der Waals surface area contributed by atoms with Gasteiger partial charge in [-0.15, -0.1) is 17.7 Å². The Morgan fingerprint density at radius 1 is 1.56 bits per heavy atom. The minimum atomic E-state index is 0. The van der Waals surface area contributed by atoms with Gasteiger partial charge in [-0.1, -0.05) is 11.9 Å². The molecule has 2 heteroatoms. The maximum atomic E-state index is 5.59. The molecule has 0 N–H and O–H groups in total. The van der Waals surface area contributed by atoms with Crippen LogP contribution >= 0.6 is 11.6 Å². The van der Waals surface area contributed by atoms with Gasteiger partial charge in [0.25, 0.3) is 0 Å². The van der Waals surface area contributed by atoms with E-state index >= 15 is 0 Å². The van der Waals surface area contributed by atoms with Crippen molar-refractivity contribution in [1.29, 1.82) is 0 Å². The molecule has 0 aliphatic rings. The van der Waals surface area contributed by atoms with Crippen molar-refractivity contribution in [3.05, 3.63) is 34.9 Å². The van der Waals surface area contributed by atoms with E-state index < -0.39 is 0 Å². The van der Waals surface area contributed by atoms with E-state index in [-0.39, 0.29) is 29.6 Å². The molecule has 0 bridgehead atoms. The van der Waals surface area contributed by atoms with Crippen LogP contribution in [0.5, 0.6) is 0 Å². The number of hydrogen-bond acceptors (Lipinski definition) is 0. The molecule has 1 rings (SSSR count). The summed E-state index contributed by atoms with van der Waals surface area (Å²) in [6.45, 7) is 2.00. The van der Waals surface area contributed by atoms with Crippen LogP contribution in [0.1, 0.15) is 5.56 Å². The molecule has 0 nitrogen and oxygen atoms in total.